The molecule has 138 valence electrons. The number of hydrogen-bond acceptors (Lipinski definition) is 3. The minimum absolute atomic E-state index is 0.144. The highest BCUT2D eigenvalue weighted by atomic mass is 35.5. The van der Waals surface area contributed by atoms with Crippen molar-refractivity contribution in [1.29, 1.82) is 0 Å². The molecule has 0 aliphatic heterocycles. The zero-order valence-corrected chi connectivity index (χ0v) is 15.6. The molecule has 7 heteroatoms. The van der Waals surface area contributed by atoms with E-state index in [4.69, 9.17) is 32.7 Å². The molecule has 0 atom stereocenters. The summed E-state index contributed by atoms with van der Waals surface area (Å²) < 4.78 is 24.9. The topological polar surface area (TPSA) is 47.6 Å². The number of rotatable bonds is 5. The Labute approximate surface area is 165 Å². The first-order chi connectivity index (χ1) is 13.0. The van der Waals surface area contributed by atoms with Crippen molar-refractivity contribution in [2.45, 2.75) is 0 Å². The van der Waals surface area contributed by atoms with E-state index >= 15 is 0 Å². The second kappa shape index (κ2) is 8.29. The van der Waals surface area contributed by atoms with Crippen LogP contribution in [-0.4, -0.2) is 13.0 Å². The summed E-state index contributed by atoms with van der Waals surface area (Å²) in [5, 5.41) is 3.21. The van der Waals surface area contributed by atoms with Crippen LogP contribution < -0.4 is 14.8 Å². The number of anilines is 1. The third kappa shape index (κ3) is 4.70. The van der Waals surface area contributed by atoms with Crippen LogP contribution in [0, 0.1) is 5.82 Å². The standard InChI is InChI=1S/C20H14Cl2FNO3/c1-26-14-4-6-15(7-5-14)27-19-9-3-13(22)11-18(19)24-20(25)16-8-2-12(21)10-17(16)23/h2-11H,1H3,(H,24,25). The van der Waals surface area contributed by atoms with E-state index in [1.54, 1.807) is 43.5 Å². The van der Waals surface area contributed by atoms with Crippen LogP contribution in [0.15, 0.2) is 60.7 Å². The Bertz CT molecular complexity index is 977. The monoisotopic (exact) mass is 405 g/mol. The van der Waals surface area contributed by atoms with Gasteiger partial charge in [-0.05, 0) is 60.7 Å². The molecule has 4 nitrogen and oxygen atoms in total. The van der Waals surface area contributed by atoms with Crippen molar-refractivity contribution in [3.05, 3.63) is 82.1 Å². The van der Waals surface area contributed by atoms with E-state index in [9.17, 15) is 9.18 Å². The van der Waals surface area contributed by atoms with Gasteiger partial charge in [-0.2, -0.15) is 0 Å². The first-order valence-electron chi connectivity index (χ1n) is 7.84. The molecule has 0 heterocycles. The lowest BCUT2D eigenvalue weighted by Crippen LogP contribution is -2.14. The molecule has 0 saturated heterocycles. The fourth-order valence-electron chi connectivity index (χ4n) is 2.32. The summed E-state index contributed by atoms with van der Waals surface area (Å²) in [6.07, 6.45) is 0. The maximum atomic E-state index is 14.0. The highest BCUT2D eigenvalue weighted by Gasteiger charge is 2.15. The Morgan fingerprint density at radius 1 is 0.926 bits per heavy atom. The first kappa shape index (κ1) is 19.0. The normalized spacial score (nSPS) is 10.4. The second-order valence-electron chi connectivity index (χ2n) is 5.50. The van der Waals surface area contributed by atoms with Crippen LogP contribution in [0.25, 0.3) is 0 Å². The fraction of sp³-hybridized carbons (Fsp3) is 0.0500. The summed E-state index contributed by atoms with van der Waals surface area (Å²) in [4.78, 5) is 12.4. The second-order valence-corrected chi connectivity index (χ2v) is 6.37. The van der Waals surface area contributed by atoms with Crippen molar-refractivity contribution in [2.75, 3.05) is 12.4 Å². The highest BCUT2D eigenvalue weighted by molar-refractivity contribution is 6.31. The van der Waals surface area contributed by atoms with Gasteiger partial charge in [0.25, 0.3) is 5.91 Å². The number of halogens is 3. The fourth-order valence-corrected chi connectivity index (χ4v) is 2.65. The van der Waals surface area contributed by atoms with Gasteiger partial charge in [0.2, 0.25) is 0 Å². The van der Waals surface area contributed by atoms with E-state index in [1.165, 1.54) is 18.2 Å². The molecule has 0 aromatic heterocycles. The zero-order valence-electron chi connectivity index (χ0n) is 14.1. The van der Waals surface area contributed by atoms with Gasteiger partial charge >= 0.3 is 0 Å². The molecular weight excluding hydrogens is 392 g/mol. The van der Waals surface area contributed by atoms with E-state index in [0.29, 0.717) is 28.0 Å². The Kier molecular flexibility index (Phi) is 5.84. The summed E-state index contributed by atoms with van der Waals surface area (Å²) in [6, 6.07) is 15.5. The number of nitrogens with one attached hydrogen (secondary N) is 1. The van der Waals surface area contributed by atoms with E-state index in [2.05, 4.69) is 5.32 Å². The predicted octanol–water partition coefficient (Wildman–Crippen LogP) is 6.19. The zero-order chi connectivity index (χ0) is 19.4. The average Bonchev–Trinajstić information content (AvgIpc) is 2.64. The molecule has 0 aliphatic rings. The maximum Gasteiger partial charge on any atom is 0.258 e. The smallest absolute Gasteiger partial charge is 0.258 e. The van der Waals surface area contributed by atoms with Crippen molar-refractivity contribution in [3.8, 4) is 17.2 Å². The highest BCUT2D eigenvalue weighted by Crippen LogP contribution is 2.33. The summed E-state index contributed by atoms with van der Waals surface area (Å²) in [7, 11) is 1.57. The lowest BCUT2D eigenvalue weighted by molar-refractivity contribution is 0.102. The summed E-state index contributed by atoms with van der Waals surface area (Å²) >= 11 is 11.7. The molecule has 0 fully saturated rings. The quantitative estimate of drug-likeness (QED) is 0.550. The van der Waals surface area contributed by atoms with Gasteiger partial charge in [0.05, 0.1) is 18.4 Å². The lowest BCUT2D eigenvalue weighted by Gasteiger charge is -2.13. The van der Waals surface area contributed by atoms with Crippen LogP contribution in [0.2, 0.25) is 10.0 Å². The Balaban J connectivity index is 1.86. The average molecular weight is 406 g/mol. The number of hydrogen-bond donors (Lipinski definition) is 1. The largest absolute Gasteiger partial charge is 0.497 e. The van der Waals surface area contributed by atoms with Crippen LogP contribution in [0.1, 0.15) is 10.4 Å². The van der Waals surface area contributed by atoms with Gasteiger partial charge in [-0.3, -0.25) is 4.79 Å². The van der Waals surface area contributed by atoms with Crippen LogP contribution in [0.5, 0.6) is 17.2 Å². The minimum atomic E-state index is -0.723. The molecule has 27 heavy (non-hydrogen) atoms. The Morgan fingerprint density at radius 3 is 2.22 bits per heavy atom. The molecule has 1 amide bonds. The molecule has 3 aromatic carbocycles. The molecule has 0 bridgehead atoms. The first-order valence-corrected chi connectivity index (χ1v) is 8.60. The van der Waals surface area contributed by atoms with Gasteiger partial charge in [-0.15, -0.1) is 0 Å². The molecule has 3 rings (SSSR count). The van der Waals surface area contributed by atoms with Crippen LogP contribution in [0.3, 0.4) is 0 Å². The van der Waals surface area contributed by atoms with Crippen LogP contribution >= 0.6 is 23.2 Å². The Hall–Kier alpha value is -2.76. The number of methoxy groups -OCH3 is 1. The van der Waals surface area contributed by atoms with Gasteiger partial charge in [-0.1, -0.05) is 23.2 Å². The number of carbonyl (C=O) groups is 1. The van der Waals surface area contributed by atoms with Crippen molar-refractivity contribution < 1.29 is 18.7 Å². The van der Waals surface area contributed by atoms with E-state index in [-0.39, 0.29) is 10.6 Å². The van der Waals surface area contributed by atoms with E-state index in [1.807, 2.05) is 0 Å². The molecule has 1 N–H and O–H groups in total. The molecule has 0 saturated carbocycles. The minimum Gasteiger partial charge on any atom is -0.497 e. The third-order valence-electron chi connectivity index (χ3n) is 3.65. The van der Waals surface area contributed by atoms with Gasteiger partial charge in [0.1, 0.15) is 17.3 Å². The summed E-state index contributed by atoms with van der Waals surface area (Å²) in [5.74, 6) is 0.203. The predicted molar refractivity (Wildman–Crippen MR) is 104 cm³/mol. The van der Waals surface area contributed by atoms with Crippen molar-refractivity contribution >= 4 is 34.8 Å². The molecule has 0 radical (unpaired) electrons. The summed E-state index contributed by atoms with van der Waals surface area (Å²) in [6.45, 7) is 0. The maximum absolute atomic E-state index is 14.0. The molecule has 0 unspecified atom stereocenters. The number of amides is 1. The van der Waals surface area contributed by atoms with Gasteiger partial charge < -0.3 is 14.8 Å². The van der Waals surface area contributed by atoms with Gasteiger partial charge in [-0.25, -0.2) is 4.39 Å². The van der Waals surface area contributed by atoms with Crippen molar-refractivity contribution in [3.63, 3.8) is 0 Å². The molecule has 0 spiro atoms. The lowest BCUT2D eigenvalue weighted by atomic mass is 10.2. The van der Waals surface area contributed by atoms with Crippen molar-refractivity contribution in [2.24, 2.45) is 0 Å². The van der Waals surface area contributed by atoms with Crippen LogP contribution in [-0.2, 0) is 0 Å². The van der Waals surface area contributed by atoms with Gasteiger partial charge in [0, 0.05) is 10.0 Å². The number of ether oxygens (including phenoxy) is 2. The molecule has 3 aromatic rings. The third-order valence-corrected chi connectivity index (χ3v) is 4.12. The van der Waals surface area contributed by atoms with E-state index in [0.717, 1.165) is 6.07 Å². The SMILES string of the molecule is COc1ccc(Oc2ccc(Cl)cc2NC(=O)c2ccc(Cl)cc2F)cc1. The van der Waals surface area contributed by atoms with Crippen LogP contribution in [0.4, 0.5) is 10.1 Å². The summed E-state index contributed by atoms with van der Waals surface area (Å²) in [5.41, 5.74) is 0.160. The molecule has 0 aliphatic carbocycles. The number of benzene rings is 3. The Morgan fingerprint density at radius 2 is 1.56 bits per heavy atom. The molecular formula is C20H14Cl2FNO3. The van der Waals surface area contributed by atoms with E-state index < -0.39 is 11.7 Å². The van der Waals surface area contributed by atoms with Crippen molar-refractivity contribution in [1.82, 2.24) is 0 Å². The van der Waals surface area contributed by atoms with Gasteiger partial charge in [0.15, 0.2) is 5.75 Å². The number of carbonyl (C=O) groups excluding carboxylic acids is 1.